The van der Waals surface area contributed by atoms with Crippen LogP contribution >= 0.6 is 0 Å². The van der Waals surface area contributed by atoms with E-state index in [9.17, 15) is 13.5 Å². The maximum atomic E-state index is 11.9. The van der Waals surface area contributed by atoms with E-state index in [-0.39, 0.29) is 17.0 Å². The molecule has 1 aromatic rings. The Balaban J connectivity index is 1.61. The van der Waals surface area contributed by atoms with Crippen molar-refractivity contribution >= 4 is 15.5 Å². The highest BCUT2D eigenvalue weighted by Crippen LogP contribution is 2.33. The van der Waals surface area contributed by atoms with Crippen molar-refractivity contribution in [3.63, 3.8) is 0 Å². The number of β-amino-alcohol motifs (C(OH)–C–C–N with tert-alkyl or cyclic N) is 1. The van der Waals surface area contributed by atoms with Gasteiger partial charge in [0, 0.05) is 30.9 Å². The monoisotopic (exact) mass is 366 g/mol. The molecule has 0 radical (unpaired) electrons. The Labute approximate surface area is 151 Å². The number of hydrogen-bond acceptors (Lipinski definition) is 5. The number of hydrogen-bond donors (Lipinski definition) is 1. The first-order valence-corrected chi connectivity index (χ1v) is 10.9. The number of anilines is 1. The van der Waals surface area contributed by atoms with E-state index < -0.39 is 15.4 Å². The molecular formula is C19H30N2O3S. The molecule has 0 saturated carbocycles. The molecule has 1 atom stereocenters. The summed E-state index contributed by atoms with van der Waals surface area (Å²) in [4.78, 5) is 4.39. The van der Waals surface area contributed by atoms with Gasteiger partial charge in [0.2, 0.25) is 0 Å². The van der Waals surface area contributed by atoms with Crippen molar-refractivity contribution in [3.05, 3.63) is 29.8 Å². The number of sulfone groups is 1. The van der Waals surface area contributed by atoms with Crippen LogP contribution in [0, 0.1) is 6.92 Å². The van der Waals surface area contributed by atoms with E-state index in [0.29, 0.717) is 25.8 Å². The van der Waals surface area contributed by atoms with Crippen molar-refractivity contribution in [1.29, 1.82) is 0 Å². The van der Waals surface area contributed by atoms with Gasteiger partial charge >= 0.3 is 0 Å². The van der Waals surface area contributed by atoms with Gasteiger partial charge in [0.25, 0.3) is 0 Å². The maximum Gasteiger partial charge on any atom is 0.152 e. The maximum absolute atomic E-state index is 11.9. The van der Waals surface area contributed by atoms with Gasteiger partial charge in [0.15, 0.2) is 9.84 Å². The highest BCUT2D eigenvalue weighted by molar-refractivity contribution is 7.91. The van der Waals surface area contributed by atoms with Crippen molar-refractivity contribution in [2.24, 2.45) is 0 Å². The fourth-order valence-corrected chi connectivity index (χ4v) is 6.30. The fourth-order valence-electron chi connectivity index (χ4n) is 4.09. The lowest BCUT2D eigenvalue weighted by Crippen LogP contribution is -2.55. The topological polar surface area (TPSA) is 60.9 Å². The molecule has 2 aliphatic heterocycles. The predicted octanol–water partition coefficient (Wildman–Crippen LogP) is 1.84. The van der Waals surface area contributed by atoms with Gasteiger partial charge in [-0.15, -0.1) is 0 Å². The van der Waals surface area contributed by atoms with Gasteiger partial charge in [-0.2, -0.15) is 0 Å². The molecule has 2 fully saturated rings. The Morgan fingerprint density at radius 2 is 1.92 bits per heavy atom. The predicted molar refractivity (Wildman–Crippen MR) is 102 cm³/mol. The molecule has 2 saturated heterocycles. The smallest absolute Gasteiger partial charge is 0.152 e. The first-order chi connectivity index (χ1) is 11.6. The lowest BCUT2D eigenvalue weighted by Gasteiger charge is -2.44. The highest BCUT2D eigenvalue weighted by Gasteiger charge is 2.44. The summed E-state index contributed by atoms with van der Waals surface area (Å²) in [6.07, 6.45) is 2.06. The zero-order valence-electron chi connectivity index (χ0n) is 15.5. The van der Waals surface area contributed by atoms with E-state index >= 15 is 0 Å². The van der Waals surface area contributed by atoms with Crippen LogP contribution < -0.4 is 4.90 Å². The second-order valence-electron chi connectivity index (χ2n) is 8.25. The van der Waals surface area contributed by atoms with Crippen molar-refractivity contribution in [2.75, 3.05) is 43.1 Å². The number of piperidine rings is 1. The van der Waals surface area contributed by atoms with Crippen LogP contribution in [0.25, 0.3) is 0 Å². The molecule has 0 bridgehead atoms. The number of nitrogens with zero attached hydrogens (tertiary/aromatic N) is 2. The molecule has 2 aliphatic rings. The molecule has 25 heavy (non-hydrogen) atoms. The largest absolute Gasteiger partial charge is 0.388 e. The van der Waals surface area contributed by atoms with Gasteiger partial charge in [0.1, 0.15) is 0 Å². The first-order valence-electron chi connectivity index (χ1n) is 9.07. The fraction of sp³-hybridized carbons (Fsp3) is 0.684. The summed E-state index contributed by atoms with van der Waals surface area (Å²) in [7, 11) is -0.990. The van der Waals surface area contributed by atoms with Crippen LogP contribution in [-0.4, -0.2) is 67.8 Å². The first kappa shape index (κ1) is 18.7. The van der Waals surface area contributed by atoms with E-state index in [0.717, 1.165) is 13.1 Å². The Morgan fingerprint density at radius 3 is 2.48 bits per heavy atom. The van der Waals surface area contributed by atoms with Crippen LogP contribution in [0.4, 0.5) is 5.69 Å². The Hall–Kier alpha value is -1.11. The average Bonchev–Trinajstić information content (AvgIpc) is 2.82. The third-order valence-electron chi connectivity index (χ3n) is 6.00. The van der Waals surface area contributed by atoms with Gasteiger partial charge < -0.3 is 10.0 Å². The minimum Gasteiger partial charge on any atom is -0.388 e. The minimum atomic E-state index is -2.94. The quantitative estimate of drug-likeness (QED) is 0.881. The Kier molecular flexibility index (Phi) is 4.90. The molecule has 0 spiro atoms. The zero-order chi connectivity index (χ0) is 18.3. The molecule has 5 nitrogen and oxygen atoms in total. The van der Waals surface area contributed by atoms with E-state index in [2.05, 4.69) is 41.0 Å². The molecular weight excluding hydrogens is 336 g/mol. The molecule has 1 aromatic carbocycles. The van der Waals surface area contributed by atoms with Gasteiger partial charge in [-0.3, -0.25) is 4.90 Å². The van der Waals surface area contributed by atoms with Crippen LogP contribution in [0.2, 0.25) is 0 Å². The molecule has 3 rings (SSSR count). The lowest BCUT2D eigenvalue weighted by molar-refractivity contribution is -0.0312. The minimum absolute atomic E-state index is 0.196. The number of likely N-dealkylation sites (N-methyl/N-ethyl adjacent to an activating group) is 1. The molecule has 140 valence electrons. The van der Waals surface area contributed by atoms with Crippen molar-refractivity contribution in [2.45, 2.75) is 44.2 Å². The summed E-state index contributed by atoms with van der Waals surface area (Å²) >= 11 is 0. The summed E-state index contributed by atoms with van der Waals surface area (Å²) in [5.41, 5.74) is 1.35. The Bertz CT molecular complexity index is 726. The normalized spacial score (nSPS) is 28.4. The number of aliphatic hydroxyl groups is 1. The van der Waals surface area contributed by atoms with Crippen LogP contribution in [0.15, 0.2) is 24.3 Å². The summed E-state index contributed by atoms with van der Waals surface area (Å²) < 4.78 is 23.7. The van der Waals surface area contributed by atoms with Crippen LogP contribution in [0.3, 0.4) is 0 Å². The molecule has 0 amide bonds. The summed E-state index contributed by atoms with van der Waals surface area (Å²) in [5, 5.41) is 11.0. The summed E-state index contributed by atoms with van der Waals surface area (Å²) in [5.74, 6) is 0.454. The number of aryl methyl sites for hydroxylation is 1. The second-order valence-corrected chi connectivity index (χ2v) is 10.4. The summed E-state index contributed by atoms with van der Waals surface area (Å²) in [6, 6.07) is 8.46. The Morgan fingerprint density at radius 1 is 1.24 bits per heavy atom. The van der Waals surface area contributed by atoms with Crippen molar-refractivity contribution in [1.82, 2.24) is 4.90 Å². The van der Waals surface area contributed by atoms with Gasteiger partial charge in [-0.25, -0.2) is 8.42 Å². The SMILES string of the molecule is Cc1cccc(N2CCC(O)(CN(C)[C@@]3(C)CCS(=O)(=O)C3)CC2)c1. The van der Waals surface area contributed by atoms with Gasteiger partial charge in [-0.1, -0.05) is 12.1 Å². The van der Waals surface area contributed by atoms with Crippen molar-refractivity contribution < 1.29 is 13.5 Å². The summed E-state index contributed by atoms with van der Waals surface area (Å²) in [6.45, 7) is 6.27. The van der Waals surface area contributed by atoms with E-state index in [4.69, 9.17) is 0 Å². The molecule has 0 aliphatic carbocycles. The third kappa shape index (κ3) is 4.18. The second kappa shape index (κ2) is 6.56. The highest BCUT2D eigenvalue weighted by atomic mass is 32.2. The van der Waals surface area contributed by atoms with Gasteiger partial charge in [-0.05, 0) is 57.9 Å². The third-order valence-corrected chi connectivity index (χ3v) is 7.88. The van der Waals surface area contributed by atoms with Gasteiger partial charge in [0.05, 0.1) is 17.1 Å². The molecule has 0 aromatic heterocycles. The van der Waals surface area contributed by atoms with Crippen LogP contribution in [0.1, 0.15) is 31.7 Å². The number of rotatable bonds is 4. The standard InChI is InChI=1S/C19H30N2O3S/c1-16-5-4-6-17(13-16)21-10-7-19(22,8-11-21)14-20(3)18(2)9-12-25(23,24)15-18/h4-6,13,22H,7-12,14-15H2,1-3H3/t18-/m0/s1. The molecule has 2 heterocycles. The number of benzene rings is 1. The molecule has 6 heteroatoms. The van der Waals surface area contributed by atoms with Crippen LogP contribution in [-0.2, 0) is 9.84 Å². The van der Waals surface area contributed by atoms with Crippen molar-refractivity contribution in [3.8, 4) is 0 Å². The van der Waals surface area contributed by atoms with E-state index in [1.807, 2.05) is 14.0 Å². The van der Waals surface area contributed by atoms with Crippen LogP contribution in [0.5, 0.6) is 0 Å². The lowest BCUT2D eigenvalue weighted by atomic mass is 9.88. The zero-order valence-corrected chi connectivity index (χ0v) is 16.3. The van der Waals surface area contributed by atoms with E-state index in [1.54, 1.807) is 0 Å². The van der Waals surface area contributed by atoms with E-state index in [1.165, 1.54) is 11.3 Å². The molecule has 1 N–H and O–H groups in total. The average molecular weight is 367 g/mol. The molecule has 0 unspecified atom stereocenters.